The van der Waals surface area contributed by atoms with Gasteiger partial charge in [-0.15, -0.1) is 0 Å². The number of hydrogen-bond acceptors (Lipinski definition) is 5. The number of para-hydroxylation sites is 1. The molecule has 1 N–H and O–H groups in total. The molecule has 1 aliphatic rings. The Labute approximate surface area is 150 Å². The number of benzene rings is 2. The van der Waals surface area contributed by atoms with E-state index in [1.54, 1.807) is 36.5 Å². The summed E-state index contributed by atoms with van der Waals surface area (Å²) in [7, 11) is 0. The first-order valence-corrected chi connectivity index (χ1v) is 8.12. The van der Waals surface area contributed by atoms with Gasteiger partial charge in [0.2, 0.25) is 12.7 Å². The van der Waals surface area contributed by atoms with Crippen molar-refractivity contribution < 1.29 is 19.0 Å². The van der Waals surface area contributed by atoms with Crippen molar-refractivity contribution in [3.8, 4) is 17.4 Å². The van der Waals surface area contributed by atoms with Crippen LogP contribution in [-0.2, 0) is 6.61 Å². The second kappa shape index (κ2) is 7.14. The Morgan fingerprint density at radius 2 is 1.92 bits per heavy atom. The van der Waals surface area contributed by atoms with E-state index in [9.17, 15) is 4.79 Å². The van der Waals surface area contributed by atoms with Crippen LogP contribution in [0.4, 0.5) is 5.69 Å². The molecular formula is C20H16N2O4. The lowest BCUT2D eigenvalue weighted by molar-refractivity contribution is 0.102. The Morgan fingerprint density at radius 1 is 1.04 bits per heavy atom. The highest BCUT2D eigenvalue weighted by atomic mass is 16.7. The van der Waals surface area contributed by atoms with E-state index in [2.05, 4.69) is 10.3 Å². The van der Waals surface area contributed by atoms with Crippen LogP contribution >= 0.6 is 0 Å². The molecule has 130 valence electrons. The van der Waals surface area contributed by atoms with Gasteiger partial charge >= 0.3 is 0 Å². The van der Waals surface area contributed by atoms with Gasteiger partial charge in [0.25, 0.3) is 5.91 Å². The van der Waals surface area contributed by atoms with Gasteiger partial charge in [-0.2, -0.15) is 0 Å². The number of anilines is 1. The minimum absolute atomic E-state index is 0.120. The predicted octanol–water partition coefficient (Wildman–Crippen LogP) is 3.64. The zero-order valence-corrected chi connectivity index (χ0v) is 13.8. The molecular weight excluding hydrogens is 332 g/mol. The molecule has 3 aromatic rings. The van der Waals surface area contributed by atoms with E-state index in [0.717, 1.165) is 5.56 Å². The third-order valence-corrected chi connectivity index (χ3v) is 3.86. The van der Waals surface area contributed by atoms with E-state index in [0.29, 0.717) is 35.2 Å². The van der Waals surface area contributed by atoms with Crippen molar-refractivity contribution in [1.29, 1.82) is 0 Å². The zero-order valence-electron chi connectivity index (χ0n) is 13.8. The molecule has 6 heteroatoms. The number of amides is 1. The van der Waals surface area contributed by atoms with Crippen molar-refractivity contribution in [2.75, 3.05) is 12.1 Å². The summed E-state index contributed by atoms with van der Waals surface area (Å²) >= 11 is 0. The summed E-state index contributed by atoms with van der Waals surface area (Å²) in [4.78, 5) is 16.7. The molecule has 0 bridgehead atoms. The van der Waals surface area contributed by atoms with Gasteiger partial charge in [-0.05, 0) is 23.8 Å². The van der Waals surface area contributed by atoms with Gasteiger partial charge < -0.3 is 19.5 Å². The first kappa shape index (κ1) is 16.0. The van der Waals surface area contributed by atoms with Gasteiger partial charge in [-0.25, -0.2) is 4.98 Å². The summed E-state index contributed by atoms with van der Waals surface area (Å²) in [5, 5.41) is 2.80. The van der Waals surface area contributed by atoms with E-state index in [4.69, 9.17) is 14.2 Å². The van der Waals surface area contributed by atoms with E-state index < -0.39 is 0 Å². The molecule has 2 heterocycles. The topological polar surface area (TPSA) is 69.7 Å². The number of carbonyl (C=O) groups excluding carboxylic acids is 1. The van der Waals surface area contributed by atoms with Gasteiger partial charge in [0, 0.05) is 6.07 Å². The molecule has 0 atom stereocenters. The first-order valence-electron chi connectivity index (χ1n) is 8.12. The van der Waals surface area contributed by atoms with Crippen LogP contribution in [0.2, 0.25) is 0 Å². The van der Waals surface area contributed by atoms with E-state index >= 15 is 0 Å². The minimum Gasteiger partial charge on any atom is -0.473 e. The van der Waals surface area contributed by atoms with Crippen LogP contribution in [0.5, 0.6) is 17.4 Å². The van der Waals surface area contributed by atoms with Crippen LogP contribution in [-0.4, -0.2) is 17.7 Å². The summed E-state index contributed by atoms with van der Waals surface area (Å²) in [6.07, 6.45) is 1.55. The molecule has 1 aliphatic heterocycles. The molecule has 2 aromatic carbocycles. The lowest BCUT2D eigenvalue weighted by atomic mass is 10.1. The fourth-order valence-corrected chi connectivity index (χ4v) is 2.58. The van der Waals surface area contributed by atoms with E-state index in [-0.39, 0.29) is 12.7 Å². The average Bonchev–Trinajstić information content (AvgIpc) is 3.17. The van der Waals surface area contributed by atoms with Crippen LogP contribution in [0.3, 0.4) is 0 Å². The van der Waals surface area contributed by atoms with Crippen molar-refractivity contribution >= 4 is 11.6 Å². The van der Waals surface area contributed by atoms with Gasteiger partial charge in [0.1, 0.15) is 6.61 Å². The lowest BCUT2D eigenvalue weighted by Gasteiger charge is -2.09. The van der Waals surface area contributed by atoms with E-state index in [1.807, 2.05) is 30.3 Å². The van der Waals surface area contributed by atoms with Gasteiger partial charge in [-0.1, -0.05) is 36.4 Å². The van der Waals surface area contributed by atoms with Crippen molar-refractivity contribution in [1.82, 2.24) is 4.98 Å². The van der Waals surface area contributed by atoms with Crippen molar-refractivity contribution in [3.05, 3.63) is 78.0 Å². The molecule has 0 fully saturated rings. The number of carbonyl (C=O) groups is 1. The normalized spacial score (nSPS) is 11.8. The average molecular weight is 348 g/mol. The van der Waals surface area contributed by atoms with Crippen LogP contribution in [0, 0.1) is 0 Å². The Hall–Kier alpha value is -3.54. The smallest absolute Gasteiger partial charge is 0.259 e. The van der Waals surface area contributed by atoms with E-state index in [1.165, 1.54) is 0 Å². The second-order valence-corrected chi connectivity index (χ2v) is 5.65. The molecule has 0 aliphatic carbocycles. The Balaban J connectivity index is 1.40. The summed E-state index contributed by atoms with van der Waals surface area (Å²) in [6, 6.07) is 18.5. The molecule has 0 radical (unpaired) electrons. The minimum atomic E-state index is -0.285. The van der Waals surface area contributed by atoms with Crippen molar-refractivity contribution in [2.45, 2.75) is 6.61 Å². The van der Waals surface area contributed by atoms with Gasteiger partial charge in [-0.3, -0.25) is 4.79 Å². The SMILES string of the molecule is O=C(Nc1ccc(OCc2ccccc2)nc1)c1cccc2c1OCO2. The summed E-state index contributed by atoms with van der Waals surface area (Å²) in [5.74, 6) is 1.23. The summed E-state index contributed by atoms with van der Waals surface area (Å²) in [6.45, 7) is 0.557. The molecule has 6 nitrogen and oxygen atoms in total. The number of aromatic nitrogens is 1. The summed E-state index contributed by atoms with van der Waals surface area (Å²) < 4.78 is 16.3. The molecule has 1 aromatic heterocycles. The maximum atomic E-state index is 12.5. The molecule has 1 amide bonds. The molecule has 0 saturated heterocycles. The maximum Gasteiger partial charge on any atom is 0.259 e. The number of pyridine rings is 1. The number of nitrogens with zero attached hydrogens (tertiary/aromatic N) is 1. The predicted molar refractivity (Wildman–Crippen MR) is 95.5 cm³/mol. The second-order valence-electron chi connectivity index (χ2n) is 5.65. The number of fused-ring (bicyclic) bond motifs is 1. The van der Waals surface area contributed by atoms with Crippen LogP contribution < -0.4 is 19.5 Å². The van der Waals surface area contributed by atoms with Gasteiger partial charge in [0.15, 0.2) is 11.5 Å². The molecule has 0 unspecified atom stereocenters. The van der Waals surface area contributed by atoms with Crippen molar-refractivity contribution in [2.24, 2.45) is 0 Å². The lowest BCUT2D eigenvalue weighted by Crippen LogP contribution is -2.13. The fourth-order valence-electron chi connectivity index (χ4n) is 2.58. The fraction of sp³-hybridized carbons (Fsp3) is 0.100. The van der Waals surface area contributed by atoms with Crippen LogP contribution in [0.15, 0.2) is 66.9 Å². The number of rotatable bonds is 5. The molecule has 4 rings (SSSR count). The monoisotopic (exact) mass is 348 g/mol. The number of ether oxygens (including phenoxy) is 3. The molecule has 26 heavy (non-hydrogen) atoms. The third kappa shape index (κ3) is 3.44. The molecule has 0 saturated carbocycles. The Bertz CT molecular complexity index is 911. The third-order valence-electron chi connectivity index (χ3n) is 3.86. The van der Waals surface area contributed by atoms with Crippen LogP contribution in [0.1, 0.15) is 15.9 Å². The quantitative estimate of drug-likeness (QED) is 0.762. The maximum absolute atomic E-state index is 12.5. The van der Waals surface area contributed by atoms with Crippen molar-refractivity contribution in [3.63, 3.8) is 0 Å². The van der Waals surface area contributed by atoms with Gasteiger partial charge in [0.05, 0.1) is 17.4 Å². The highest BCUT2D eigenvalue weighted by Crippen LogP contribution is 2.35. The highest BCUT2D eigenvalue weighted by Gasteiger charge is 2.21. The number of nitrogens with one attached hydrogen (secondary N) is 1. The molecule has 0 spiro atoms. The largest absolute Gasteiger partial charge is 0.473 e. The standard InChI is InChI=1S/C20H16N2O4/c23-20(16-7-4-8-17-19(16)26-13-25-17)22-15-9-10-18(21-11-15)24-12-14-5-2-1-3-6-14/h1-11H,12-13H2,(H,22,23). The zero-order chi connectivity index (χ0) is 17.8. The number of hydrogen-bond donors (Lipinski definition) is 1. The summed E-state index contributed by atoms with van der Waals surface area (Å²) in [5.41, 5.74) is 2.05. The Morgan fingerprint density at radius 3 is 2.73 bits per heavy atom. The highest BCUT2D eigenvalue weighted by molar-refractivity contribution is 6.06. The van der Waals surface area contributed by atoms with Crippen LogP contribution in [0.25, 0.3) is 0 Å². The first-order chi connectivity index (χ1) is 12.8. The Kier molecular flexibility index (Phi) is 4.38.